The van der Waals surface area contributed by atoms with E-state index >= 15 is 0 Å². The summed E-state index contributed by atoms with van der Waals surface area (Å²) in [6.45, 7) is 0.729. The number of nitrogens with zero attached hydrogens (tertiary/aromatic N) is 2. The lowest BCUT2D eigenvalue weighted by molar-refractivity contribution is -0.116. The van der Waals surface area contributed by atoms with Gasteiger partial charge in [0.1, 0.15) is 5.88 Å². The Morgan fingerprint density at radius 3 is 3.31 bits per heavy atom. The van der Waals surface area contributed by atoms with E-state index in [-0.39, 0.29) is 11.8 Å². The van der Waals surface area contributed by atoms with Crippen molar-refractivity contribution in [2.24, 2.45) is 0 Å². The van der Waals surface area contributed by atoms with Gasteiger partial charge in [-0.15, -0.1) is 11.6 Å². The minimum absolute atomic E-state index is 0.0355. The van der Waals surface area contributed by atoms with Crippen LogP contribution in [0.4, 0.5) is 5.69 Å². The molecule has 4 heteroatoms. The third-order valence-electron chi connectivity index (χ3n) is 2.19. The van der Waals surface area contributed by atoms with Crippen LogP contribution < -0.4 is 4.90 Å². The summed E-state index contributed by atoms with van der Waals surface area (Å²) < 4.78 is 0. The smallest absolute Gasteiger partial charge is 0.241 e. The maximum atomic E-state index is 11.4. The number of fused-ring (bicyclic) bond motifs is 1. The predicted octanol–water partition coefficient (Wildman–Crippen LogP) is 1.21. The Hall–Kier alpha value is -1.09. The minimum atomic E-state index is -0.0355. The Morgan fingerprint density at radius 1 is 1.69 bits per heavy atom. The Labute approximate surface area is 81.3 Å². The first-order valence-electron chi connectivity index (χ1n) is 4.12. The number of anilines is 1. The first-order valence-corrected chi connectivity index (χ1v) is 4.65. The van der Waals surface area contributed by atoms with E-state index in [2.05, 4.69) is 4.98 Å². The maximum Gasteiger partial charge on any atom is 0.241 e. The first kappa shape index (κ1) is 8.51. The van der Waals surface area contributed by atoms with E-state index in [1.807, 2.05) is 6.07 Å². The highest BCUT2D eigenvalue weighted by molar-refractivity contribution is 6.29. The quantitative estimate of drug-likeness (QED) is 0.633. The zero-order valence-electron chi connectivity index (χ0n) is 7.03. The SMILES string of the molecule is O=C(CCl)N1CCc2cnccc21. The zero-order chi connectivity index (χ0) is 9.26. The fourth-order valence-corrected chi connectivity index (χ4v) is 1.70. The van der Waals surface area contributed by atoms with E-state index in [0.29, 0.717) is 0 Å². The normalized spacial score (nSPS) is 14.4. The van der Waals surface area contributed by atoms with Crippen molar-refractivity contribution < 1.29 is 4.79 Å². The molecule has 1 aliphatic rings. The van der Waals surface area contributed by atoms with Crippen molar-refractivity contribution in [3.63, 3.8) is 0 Å². The summed E-state index contributed by atoms with van der Waals surface area (Å²) >= 11 is 5.49. The number of rotatable bonds is 1. The second-order valence-electron chi connectivity index (χ2n) is 2.93. The van der Waals surface area contributed by atoms with E-state index in [0.717, 1.165) is 24.2 Å². The highest BCUT2D eigenvalue weighted by Gasteiger charge is 2.23. The highest BCUT2D eigenvalue weighted by Crippen LogP contribution is 2.26. The average Bonchev–Trinajstić information content (AvgIpc) is 2.60. The number of hydrogen-bond acceptors (Lipinski definition) is 2. The lowest BCUT2D eigenvalue weighted by Gasteiger charge is -2.14. The van der Waals surface area contributed by atoms with Crippen molar-refractivity contribution in [1.29, 1.82) is 0 Å². The second-order valence-corrected chi connectivity index (χ2v) is 3.20. The zero-order valence-corrected chi connectivity index (χ0v) is 7.79. The molecule has 1 amide bonds. The van der Waals surface area contributed by atoms with Gasteiger partial charge in [0.15, 0.2) is 0 Å². The van der Waals surface area contributed by atoms with Crippen LogP contribution in [0.3, 0.4) is 0 Å². The van der Waals surface area contributed by atoms with Gasteiger partial charge in [0, 0.05) is 24.6 Å². The van der Waals surface area contributed by atoms with E-state index in [1.54, 1.807) is 17.3 Å². The molecule has 0 aromatic carbocycles. The summed E-state index contributed by atoms with van der Waals surface area (Å²) in [5.74, 6) is 0.00788. The number of alkyl halides is 1. The Kier molecular flexibility index (Phi) is 2.19. The molecule has 0 atom stereocenters. The molecule has 0 spiro atoms. The van der Waals surface area contributed by atoms with Gasteiger partial charge in [0.05, 0.1) is 0 Å². The minimum Gasteiger partial charge on any atom is -0.311 e. The van der Waals surface area contributed by atoms with Crippen LogP contribution in [0.2, 0.25) is 0 Å². The van der Waals surface area contributed by atoms with E-state index in [1.165, 1.54) is 0 Å². The number of carbonyl (C=O) groups excluding carboxylic acids is 1. The molecule has 1 aromatic heterocycles. The molecule has 0 radical (unpaired) electrons. The van der Waals surface area contributed by atoms with Gasteiger partial charge in [0.25, 0.3) is 0 Å². The molecular formula is C9H9ClN2O. The third-order valence-corrected chi connectivity index (χ3v) is 2.42. The second kappa shape index (κ2) is 3.34. The molecule has 0 fully saturated rings. The van der Waals surface area contributed by atoms with Crippen molar-refractivity contribution in [3.05, 3.63) is 24.0 Å². The van der Waals surface area contributed by atoms with Gasteiger partial charge < -0.3 is 4.90 Å². The van der Waals surface area contributed by atoms with E-state index in [4.69, 9.17) is 11.6 Å². The fourth-order valence-electron chi connectivity index (χ4n) is 1.56. The van der Waals surface area contributed by atoms with Gasteiger partial charge in [-0.3, -0.25) is 9.78 Å². The van der Waals surface area contributed by atoms with Crippen LogP contribution in [0.15, 0.2) is 18.5 Å². The monoisotopic (exact) mass is 196 g/mol. The van der Waals surface area contributed by atoms with Crippen LogP contribution in [0.5, 0.6) is 0 Å². The van der Waals surface area contributed by atoms with Crippen LogP contribution in [-0.2, 0) is 11.2 Å². The predicted molar refractivity (Wildman–Crippen MR) is 51.0 cm³/mol. The third kappa shape index (κ3) is 1.40. The van der Waals surface area contributed by atoms with Crippen molar-refractivity contribution in [3.8, 4) is 0 Å². The maximum absolute atomic E-state index is 11.4. The van der Waals surface area contributed by atoms with Gasteiger partial charge >= 0.3 is 0 Å². The number of aromatic nitrogens is 1. The number of hydrogen-bond donors (Lipinski definition) is 0. The number of pyridine rings is 1. The van der Waals surface area contributed by atoms with E-state index < -0.39 is 0 Å². The lowest BCUT2D eigenvalue weighted by atomic mass is 10.2. The molecule has 0 saturated carbocycles. The standard InChI is InChI=1S/C9H9ClN2O/c10-5-9(13)12-4-2-7-6-11-3-1-8(7)12/h1,3,6H,2,4-5H2. The summed E-state index contributed by atoms with van der Waals surface area (Å²) in [6.07, 6.45) is 4.38. The van der Waals surface area contributed by atoms with Gasteiger partial charge in [0.2, 0.25) is 5.91 Å². The summed E-state index contributed by atoms with van der Waals surface area (Å²) in [6, 6.07) is 1.85. The molecule has 0 aliphatic carbocycles. The van der Waals surface area contributed by atoms with Crippen molar-refractivity contribution in [2.75, 3.05) is 17.3 Å². The molecule has 0 unspecified atom stereocenters. The molecular weight excluding hydrogens is 188 g/mol. The van der Waals surface area contributed by atoms with Crippen LogP contribution in [0, 0.1) is 0 Å². The molecule has 2 rings (SSSR count). The molecule has 3 nitrogen and oxygen atoms in total. The van der Waals surface area contributed by atoms with Gasteiger partial charge in [-0.1, -0.05) is 0 Å². The van der Waals surface area contributed by atoms with Crippen LogP contribution in [0.1, 0.15) is 5.56 Å². The molecule has 68 valence electrons. The fraction of sp³-hybridized carbons (Fsp3) is 0.333. The largest absolute Gasteiger partial charge is 0.311 e. The summed E-state index contributed by atoms with van der Waals surface area (Å²) in [7, 11) is 0. The molecule has 0 N–H and O–H groups in total. The average molecular weight is 197 g/mol. The Balaban J connectivity index is 2.33. The number of halogens is 1. The summed E-state index contributed by atoms with van der Waals surface area (Å²) in [5.41, 5.74) is 2.08. The van der Waals surface area contributed by atoms with Crippen LogP contribution in [-0.4, -0.2) is 23.3 Å². The highest BCUT2D eigenvalue weighted by atomic mass is 35.5. The summed E-state index contributed by atoms with van der Waals surface area (Å²) in [5, 5.41) is 0. The van der Waals surface area contributed by atoms with Gasteiger partial charge in [-0.2, -0.15) is 0 Å². The van der Waals surface area contributed by atoms with E-state index in [9.17, 15) is 4.79 Å². The van der Waals surface area contributed by atoms with Gasteiger partial charge in [-0.25, -0.2) is 0 Å². The lowest BCUT2D eigenvalue weighted by Crippen LogP contribution is -2.29. The Morgan fingerprint density at radius 2 is 2.54 bits per heavy atom. The summed E-state index contributed by atoms with van der Waals surface area (Å²) in [4.78, 5) is 17.1. The molecule has 0 bridgehead atoms. The van der Waals surface area contributed by atoms with Crippen molar-refractivity contribution >= 4 is 23.2 Å². The molecule has 0 saturated heterocycles. The number of amides is 1. The Bertz CT molecular complexity index is 340. The van der Waals surface area contributed by atoms with Crippen LogP contribution in [0.25, 0.3) is 0 Å². The first-order chi connectivity index (χ1) is 6.33. The van der Waals surface area contributed by atoms with Gasteiger partial charge in [-0.05, 0) is 18.1 Å². The van der Waals surface area contributed by atoms with Crippen molar-refractivity contribution in [1.82, 2.24) is 4.98 Å². The topological polar surface area (TPSA) is 33.2 Å². The molecule has 13 heavy (non-hydrogen) atoms. The number of carbonyl (C=O) groups is 1. The molecule has 1 aliphatic heterocycles. The molecule has 2 heterocycles. The molecule has 1 aromatic rings. The van der Waals surface area contributed by atoms with Crippen LogP contribution >= 0.6 is 11.6 Å². The van der Waals surface area contributed by atoms with Crippen molar-refractivity contribution in [2.45, 2.75) is 6.42 Å².